The van der Waals surface area contributed by atoms with E-state index in [9.17, 15) is 27.5 Å². The topological polar surface area (TPSA) is 62.3 Å². The van der Waals surface area contributed by atoms with Crippen LogP contribution in [0.3, 0.4) is 0 Å². The molecule has 21 heavy (non-hydrogen) atoms. The zero-order valence-electron chi connectivity index (χ0n) is 10.8. The molecule has 1 heterocycles. The molecule has 2 rings (SSSR count). The number of rotatable bonds is 3. The zero-order chi connectivity index (χ0) is 15.8. The van der Waals surface area contributed by atoms with Crippen molar-refractivity contribution in [2.45, 2.75) is 18.7 Å². The molecule has 0 saturated heterocycles. The summed E-state index contributed by atoms with van der Waals surface area (Å²) in [6, 6.07) is 2.94. The first-order valence-corrected chi connectivity index (χ1v) is 5.95. The number of carbonyl (C=O) groups excluding carboxylic acids is 1. The molecule has 2 aromatic rings. The number of alkyl halides is 3. The van der Waals surface area contributed by atoms with E-state index in [1.165, 1.54) is 6.92 Å². The molecule has 1 atom stereocenters. The summed E-state index contributed by atoms with van der Waals surface area (Å²) in [5.41, 5.74) is -4.53. The Kier molecular flexibility index (Phi) is 3.66. The smallest absolute Gasteiger partial charge is 0.432 e. The summed E-state index contributed by atoms with van der Waals surface area (Å²) in [5.74, 6) is -2.50. The van der Waals surface area contributed by atoms with Crippen molar-refractivity contribution in [3.05, 3.63) is 35.8 Å². The van der Waals surface area contributed by atoms with E-state index in [1.54, 1.807) is 0 Å². The van der Waals surface area contributed by atoms with E-state index in [2.05, 4.69) is 9.72 Å². The lowest BCUT2D eigenvalue weighted by Crippen LogP contribution is -2.50. The standard InChI is InChI=1S/C13H11F4NO3/c1-2-21-11(19)12(20,13(15,16)17)9-6-18-10-5-7(14)3-4-8(9)10/h3-6,18,20H,2H2,1H3. The van der Waals surface area contributed by atoms with Gasteiger partial charge in [-0.05, 0) is 25.1 Å². The molecule has 1 aromatic heterocycles. The highest BCUT2D eigenvalue weighted by Gasteiger charge is 2.63. The fraction of sp³-hybridized carbons (Fsp3) is 0.308. The Morgan fingerprint density at radius 1 is 1.38 bits per heavy atom. The second kappa shape index (κ2) is 5.03. The fourth-order valence-corrected chi connectivity index (χ4v) is 2.01. The Bertz CT molecular complexity index is 680. The van der Waals surface area contributed by atoms with E-state index in [0.717, 1.165) is 24.4 Å². The number of aromatic nitrogens is 1. The van der Waals surface area contributed by atoms with Gasteiger partial charge in [-0.2, -0.15) is 13.2 Å². The lowest BCUT2D eigenvalue weighted by atomic mass is 9.92. The van der Waals surface area contributed by atoms with Crippen molar-refractivity contribution >= 4 is 16.9 Å². The molecule has 1 aromatic carbocycles. The molecule has 0 saturated carbocycles. The maximum absolute atomic E-state index is 13.2. The van der Waals surface area contributed by atoms with Gasteiger partial charge >= 0.3 is 12.1 Å². The summed E-state index contributed by atoms with van der Waals surface area (Å²) >= 11 is 0. The van der Waals surface area contributed by atoms with Gasteiger partial charge in [-0.3, -0.25) is 0 Å². The number of benzene rings is 1. The van der Waals surface area contributed by atoms with Gasteiger partial charge in [-0.25, -0.2) is 9.18 Å². The first-order chi connectivity index (χ1) is 9.71. The zero-order valence-corrected chi connectivity index (χ0v) is 10.8. The van der Waals surface area contributed by atoms with Gasteiger partial charge in [0.15, 0.2) is 0 Å². The van der Waals surface area contributed by atoms with Crippen LogP contribution in [0.4, 0.5) is 17.6 Å². The quantitative estimate of drug-likeness (QED) is 0.677. The van der Waals surface area contributed by atoms with E-state index in [4.69, 9.17) is 0 Å². The summed E-state index contributed by atoms with van der Waals surface area (Å²) in [4.78, 5) is 14.0. The number of ether oxygens (including phenoxy) is 1. The van der Waals surface area contributed by atoms with Crippen molar-refractivity contribution in [2.24, 2.45) is 0 Å². The highest BCUT2D eigenvalue weighted by Crippen LogP contribution is 2.42. The average molecular weight is 305 g/mol. The molecule has 0 spiro atoms. The first-order valence-electron chi connectivity index (χ1n) is 5.95. The average Bonchev–Trinajstić information content (AvgIpc) is 2.79. The lowest BCUT2D eigenvalue weighted by Gasteiger charge is -2.27. The summed E-state index contributed by atoms with van der Waals surface area (Å²) in [5, 5.41) is 9.84. The number of carbonyl (C=O) groups is 1. The minimum absolute atomic E-state index is 0.0250. The van der Waals surface area contributed by atoms with Crippen LogP contribution in [0.5, 0.6) is 0 Å². The van der Waals surface area contributed by atoms with Crippen LogP contribution in [-0.2, 0) is 15.1 Å². The number of aromatic amines is 1. The van der Waals surface area contributed by atoms with E-state index < -0.39 is 29.1 Å². The SMILES string of the molecule is CCOC(=O)C(O)(c1c[nH]c2cc(F)ccc12)C(F)(F)F. The lowest BCUT2D eigenvalue weighted by molar-refractivity contribution is -0.267. The predicted octanol–water partition coefficient (Wildman–Crippen LogP) is 2.62. The number of nitrogens with one attached hydrogen (secondary N) is 1. The van der Waals surface area contributed by atoms with Crippen LogP contribution < -0.4 is 0 Å². The number of hydrogen-bond acceptors (Lipinski definition) is 3. The molecule has 1 unspecified atom stereocenters. The maximum Gasteiger partial charge on any atom is 0.432 e. The van der Waals surface area contributed by atoms with Crippen LogP contribution in [0.1, 0.15) is 12.5 Å². The summed E-state index contributed by atoms with van der Waals surface area (Å²) < 4.78 is 57.0. The Morgan fingerprint density at radius 3 is 2.62 bits per heavy atom. The number of aliphatic hydroxyl groups is 1. The third-order valence-electron chi connectivity index (χ3n) is 3.01. The molecule has 0 aliphatic rings. The Balaban J connectivity index is 2.68. The van der Waals surface area contributed by atoms with Gasteiger partial charge in [0.1, 0.15) is 5.82 Å². The minimum atomic E-state index is -5.29. The van der Waals surface area contributed by atoms with E-state index in [0.29, 0.717) is 0 Å². The van der Waals surface area contributed by atoms with Gasteiger partial charge < -0.3 is 14.8 Å². The Morgan fingerprint density at radius 2 is 2.05 bits per heavy atom. The maximum atomic E-state index is 13.2. The van der Waals surface area contributed by atoms with E-state index in [-0.39, 0.29) is 17.5 Å². The second-order valence-corrected chi connectivity index (χ2v) is 4.32. The normalized spacial score (nSPS) is 15.0. The molecule has 0 aliphatic carbocycles. The number of H-pyrrole nitrogens is 1. The minimum Gasteiger partial charge on any atom is -0.463 e. The molecule has 0 aliphatic heterocycles. The van der Waals surface area contributed by atoms with Gasteiger partial charge in [0.2, 0.25) is 0 Å². The molecule has 114 valence electrons. The largest absolute Gasteiger partial charge is 0.463 e. The van der Waals surface area contributed by atoms with Gasteiger partial charge in [0, 0.05) is 22.7 Å². The molecule has 0 amide bonds. The van der Waals surface area contributed by atoms with Crippen molar-refractivity contribution in [1.29, 1.82) is 0 Å². The van der Waals surface area contributed by atoms with Crippen molar-refractivity contribution < 1.29 is 32.2 Å². The molecule has 2 N–H and O–H groups in total. The van der Waals surface area contributed by atoms with Crippen LogP contribution in [0.25, 0.3) is 10.9 Å². The van der Waals surface area contributed by atoms with Crippen molar-refractivity contribution in [3.8, 4) is 0 Å². The number of esters is 1. The van der Waals surface area contributed by atoms with Gasteiger partial charge in [-0.1, -0.05) is 0 Å². The molecule has 4 nitrogen and oxygen atoms in total. The molecular weight excluding hydrogens is 294 g/mol. The molecule has 0 radical (unpaired) electrons. The third-order valence-corrected chi connectivity index (χ3v) is 3.01. The second-order valence-electron chi connectivity index (χ2n) is 4.32. The highest BCUT2D eigenvalue weighted by molar-refractivity contribution is 5.92. The van der Waals surface area contributed by atoms with Crippen LogP contribution in [0, 0.1) is 5.82 Å². The predicted molar refractivity (Wildman–Crippen MR) is 64.8 cm³/mol. The van der Waals surface area contributed by atoms with Crippen LogP contribution in [-0.4, -0.2) is 28.8 Å². The first kappa shape index (κ1) is 15.3. The Labute approximate surface area is 116 Å². The Hall–Kier alpha value is -2.09. The van der Waals surface area contributed by atoms with Crippen LogP contribution in [0.2, 0.25) is 0 Å². The monoisotopic (exact) mass is 305 g/mol. The van der Waals surface area contributed by atoms with Gasteiger partial charge in [0.25, 0.3) is 5.60 Å². The molecule has 0 fully saturated rings. The number of hydrogen-bond donors (Lipinski definition) is 2. The summed E-state index contributed by atoms with van der Waals surface area (Å²) in [7, 11) is 0. The van der Waals surface area contributed by atoms with E-state index >= 15 is 0 Å². The summed E-state index contributed by atoms with van der Waals surface area (Å²) in [6.07, 6.45) is -4.47. The number of halogens is 4. The third kappa shape index (κ3) is 2.35. The number of fused-ring (bicyclic) bond motifs is 1. The van der Waals surface area contributed by atoms with Crippen molar-refractivity contribution in [3.63, 3.8) is 0 Å². The summed E-state index contributed by atoms with van der Waals surface area (Å²) in [6.45, 7) is 0.994. The van der Waals surface area contributed by atoms with Crippen molar-refractivity contribution in [2.75, 3.05) is 6.61 Å². The van der Waals surface area contributed by atoms with Crippen molar-refractivity contribution in [1.82, 2.24) is 4.98 Å². The van der Waals surface area contributed by atoms with Crippen LogP contribution >= 0.6 is 0 Å². The highest BCUT2D eigenvalue weighted by atomic mass is 19.4. The van der Waals surface area contributed by atoms with E-state index in [1.807, 2.05) is 0 Å². The van der Waals surface area contributed by atoms with Gasteiger partial charge in [-0.15, -0.1) is 0 Å². The fourth-order valence-electron chi connectivity index (χ4n) is 2.01. The van der Waals surface area contributed by atoms with Crippen LogP contribution in [0.15, 0.2) is 24.4 Å². The van der Waals surface area contributed by atoms with Gasteiger partial charge in [0.05, 0.1) is 6.61 Å². The molecular formula is C13H11F4NO3. The molecule has 0 bridgehead atoms. The molecule has 8 heteroatoms.